The molecule has 0 unspecified atom stereocenters. The molecular formula is C12H9F4NO2. The summed E-state index contributed by atoms with van der Waals surface area (Å²) in [6.07, 6.45) is -4.98. The fraction of sp³-hybridized carbons (Fsp3) is 0.333. The van der Waals surface area contributed by atoms with Crippen molar-refractivity contribution in [2.75, 3.05) is 0 Å². The number of piperidine rings is 1. The van der Waals surface area contributed by atoms with Crippen LogP contribution in [0.1, 0.15) is 29.9 Å². The van der Waals surface area contributed by atoms with E-state index < -0.39 is 35.3 Å². The zero-order valence-electron chi connectivity index (χ0n) is 9.55. The van der Waals surface area contributed by atoms with Crippen molar-refractivity contribution in [2.45, 2.75) is 24.9 Å². The van der Waals surface area contributed by atoms with Gasteiger partial charge in [-0.3, -0.25) is 14.9 Å². The molecule has 0 atom stereocenters. The summed E-state index contributed by atoms with van der Waals surface area (Å²) in [5.41, 5.74) is -1.25. The van der Waals surface area contributed by atoms with E-state index >= 15 is 0 Å². The molecule has 1 aliphatic heterocycles. The van der Waals surface area contributed by atoms with Gasteiger partial charge in [0.1, 0.15) is 5.82 Å². The number of hydrogen-bond donors (Lipinski definition) is 1. The molecule has 1 aromatic rings. The normalized spacial score (nSPS) is 17.5. The van der Waals surface area contributed by atoms with E-state index in [0.29, 0.717) is 12.1 Å². The SMILES string of the molecule is O=C1CC(c2ccc(F)c(C(F)(F)F)c2)CC(=O)N1. The molecule has 0 bridgehead atoms. The largest absolute Gasteiger partial charge is 0.419 e. The predicted octanol–water partition coefficient (Wildman–Crippen LogP) is 2.36. The Kier molecular flexibility index (Phi) is 3.30. The van der Waals surface area contributed by atoms with Crippen LogP contribution < -0.4 is 5.32 Å². The van der Waals surface area contributed by atoms with Crippen molar-refractivity contribution in [3.63, 3.8) is 0 Å². The number of amides is 2. The first-order valence-corrected chi connectivity index (χ1v) is 5.46. The summed E-state index contributed by atoms with van der Waals surface area (Å²) in [7, 11) is 0. The van der Waals surface area contributed by atoms with Crippen molar-refractivity contribution in [1.82, 2.24) is 5.32 Å². The molecule has 1 aliphatic rings. The lowest BCUT2D eigenvalue weighted by Gasteiger charge is -2.22. The molecule has 1 heterocycles. The number of nitrogens with one attached hydrogen (secondary N) is 1. The van der Waals surface area contributed by atoms with Crippen LogP contribution in [0.25, 0.3) is 0 Å². The zero-order chi connectivity index (χ0) is 14.2. The minimum Gasteiger partial charge on any atom is -0.296 e. The first kappa shape index (κ1) is 13.5. The molecule has 0 aromatic heterocycles. The average Bonchev–Trinajstić information content (AvgIpc) is 2.26. The molecule has 1 aromatic carbocycles. The maximum Gasteiger partial charge on any atom is 0.419 e. The zero-order valence-corrected chi connectivity index (χ0v) is 9.55. The highest BCUT2D eigenvalue weighted by Crippen LogP contribution is 2.35. The van der Waals surface area contributed by atoms with Gasteiger partial charge in [-0.05, 0) is 17.7 Å². The third-order valence-electron chi connectivity index (χ3n) is 2.91. The maximum absolute atomic E-state index is 13.1. The standard InChI is InChI=1S/C12H9F4NO2/c13-9-2-1-6(3-8(9)12(14,15)16)7-4-10(18)17-11(19)5-7/h1-3,7H,4-5H2,(H,17,18,19). The second kappa shape index (κ2) is 4.64. The molecular weight excluding hydrogens is 266 g/mol. The van der Waals surface area contributed by atoms with E-state index in [1.54, 1.807) is 0 Å². The molecule has 0 spiro atoms. The lowest BCUT2D eigenvalue weighted by Crippen LogP contribution is -2.37. The molecule has 1 saturated heterocycles. The van der Waals surface area contributed by atoms with Gasteiger partial charge in [0.2, 0.25) is 11.8 Å². The summed E-state index contributed by atoms with van der Waals surface area (Å²) >= 11 is 0. The Bertz CT molecular complexity index is 523. The highest BCUT2D eigenvalue weighted by Gasteiger charge is 2.35. The quantitative estimate of drug-likeness (QED) is 0.631. The van der Waals surface area contributed by atoms with E-state index in [4.69, 9.17) is 0 Å². The molecule has 3 nitrogen and oxygen atoms in total. The first-order chi connectivity index (χ1) is 8.77. The molecule has 2 rings (SSSR count). The molecule has 19 heavy (non-hydrogen) atoms. The van der Waals surface area contributed by atoms with Crippen molar-refractivity contribution in [3.8, 4) is 0 Å². The maximum atomic E-state index is 13.1. The van der Waals surface area contributed by atoms with Gasteiger partial charge in [-0.2, -0.15) is 13.2 Å². The van der Waals surface area contributed by atoms with Crippen LogP contribution in [0.4, 0.5) is 17.6 Å². The summed E-state index contributed by atoms with van der Waals surface area (Å²) in [5, 5.41) is 2.06. The third-order valence-corrected chi connectivity index (χ3v) is 2.91. The molecule has 7 heteroatoms. The second-order valence-electron chi connectivity index (χ2n) is 4.31. The van der Waals surface area contributed by atoms with Crippen LogP contribution in [0.2, 0.25) is 0 Å². The van der Waals surface area contributed by atoms with E-state index in [-0.39, 0.29) is 18.4 Å². The molecule has 0 radical (unpaired) electrons. The Morgan fingerprint density at radius 3 is 2.21 bits per heavy atom. The Morgan fingerprint density at radius 2 is 1.68 bits per heavy atom. The van der Waals surface area contributed by atoms with Crippen LogP contribution in [0.5, 0.6) is 0 Å². The minimum absolute atomic E-state index is 0.0886. The summed E-state index contributed by atoms with van der Waals surface area (Å²) in [5.74, 6) is -3.11. The average molecular weight is 275 g/mol. The van der Waals surface area contributed by atoms with Crippen LogP contribution in [-0.2, 0) is 15.8 Å². The number of benzene rings is 1. The van der Waals surface area contributed by atoms with Crippen molar-refractivity contribution in [1.29, 1.82) is 0 Å². The Labute approximate surface area is 105 Å². The Morgan fingerprint density at radius 1 is 1.11 bits per heavy atom. The Balaban J connectivity index is 2.36. The van der Waals surface area contributed by atoms with Gasteiger partial charge < -0.3 is 0 Å². The third kappa shape index (κ3) is 2.91. The summed E-state index contributed by atoms with van der Waals surface area (Å²) in [6, 6.07) is 2.53. The summed E-state index contributed by atoms with van der Waals surface area (Å²) < 4.78 is 50.8. The number of hydrogen-bond acceptors (Lipinski definition) is 2. The smallest absolute Gasteiger partial charge is 0.296 e. The summed E-state index contributed by atoms with van der Waals surface area (Å²) in [6.45, 7) is 0. The molecule has 0 saturated carbocycles. The lowest BCUT2D eigenvalue weighted by molar-refractivity contribution is -0.140. The van der Waals surface area contributed by atoms with Crippen LogP contribution in [-0.4, -0.2) is 11.8 Å². The number of rotatable bonds is 1. The van der Waals surface area contributed by atoms with Crippen molar-refractivity contribution < 1.29 is 27.2 Å². The van der Waals surface area contributed by atoms with E-state index in [2.05, 4.69) is 5.32 Å². The number of carbonyl (C=O) groups excluding carboxylic acids is 2. The summed E-state index contributed by atoms with van der Waals surface area (Å²) in [4.78, 5) is 22.4. The molecule has 1 fully saturated rings. The minimum atomic E-state index is -4.80. The van der Waals surface area contributed by atoms with Gasteiger partial charge in [0, 0.05) is 18.8 Å². The highest BCUT2D eigenvalue weighted by molar-refractivity contribution is 5.98. The lowest BCUT2D eigenvalue weighted by atomic mass is 9.88. The number of imide groups is 1. The van der Waals surface area contributed by atoms with Crippen molar-refractivity contribution in [3.05, 3.63) is 35.1 Å². The fourth-order valence-corrected chi connectivity index (χ4v) is 2.03. The number of alkyl halides is 3. The van der Waals surface area contributed by atoms with Crippen molar-refractivity contribution >= 4 is 11.8 Å². The van der Waals surface area contributed by atoms with Crippen molar-refractivity contribution in [2.24, 2.45) is 0 Å². The van der Waals surface area contributed by atoms with Gasteiger partial charge in [-0.15, -0.1) is 0 Å². The van der Waals surface area contributed by atoms with Gasteiger partial charge >= 0.3 is 6.18 Å². The van der Waals surface area contributed by atoms with Crippen LogP contribution in [0.3, 0.4) is 0 Å². The fourth-order valence-electron chi connectivity index (χ4n) is 2.03. The van der Waals surface area contributed by atoms with Gasteiger partial charge in [-0.25, -0.2) is 4.39 Å². The van der Waals surface area contributed by atoms with Crippen LogP contribution >= 0.6 is 0 Å². The molecule has 2 amide bonds. The monoisotopic (exact) mass is 275 g/mol. The van der Waals surface area contributed by atoms with Gasteiger partial charge in [0.15, 0.2) is 0 Å². The molecule has 0 aliphatic carbocycles. The van der Waals surface area contributed by atoms with E-state index in [1.165, 1.54) is 6.07 Å². The van der Waals surface area contributed by atoms with Crippen LogP contribution in [0.15, 0.2) is 18.2 Å². The molecule has 1 N–H and O–H groups in total. The van der Waals surface area contributed by atoms with E-state index in [1.807, 2.05) is 0 Å². The predicted molar refractivity (Wildman–Crippen MR) is 56.5 cm³/mol. The Hall–Kier alpha value is -1.92. The first-order valence-electron chi connectivity index (χ1n) is 5.46. The second-order valence-corrected chi connectivity index (χ2v) is 4.31. The van der Waals surface area contributed by atoms with Gasteiger partial charge in [0.25, 0.3) is 0 Å². The van der Waals surface area contributed by atoms with Gasteiger partial charge in [-0.1, -0.05) is 6.07 Å². The topological polar surface area (TPSA) is 46.2 Å². The highest BCUT2D eigenvalue weighted by atomic mass is 19.4. The van der Waals surface area contributed by atoms with Crippen LogP contribution in [0, 0.1) is 5.82 Å². The van der Waals surface area contributed by atoms with E-state index in [0.717, 1.165) is 0 Å². The number of halogens is 4. The van der Waals surface area contributed by atoms with Gasteiger partial charge in [0.05, 0.1) is 5.56 Å². The number of carbonyl (C=O) groups is 2. The molecule has 102 valence electrons. The van der Waals surface area contributed by atoms with E-state index in [9.17, 15) is 27.2 Å².